The molecule has 0 aromatic heterocycles. The fraction of sp³-hybridized carbons (Fsp3) is 0.636. The second-order valence-corrected chi connectivity index (χ2v) is 4.08. The van der Waals surface area contributed by atoms with Crippen molar-refractivity contribution in [3.63, 3.8) is 0 Å². The van der Waals surface area contributed by atoms with E-state index in [9.17, 15) is 0 Å². The zero-order valence-corrected chi connectivity index (χ0v) is 7.90. The Morgan fingerprint density at radius 1 is 1.25 bits per heavy atom. The molecule has 0 saturated carbocycles. The number of nitrogens with zero attached hydrogens (tertiary/aromatic N) is 1. The van der Waals surface area contributed by atoms with Crippen LogP contribution >= 0.6 is 0 Å². The summed E-state index contributed by atoms with van der Waals surface area (Å²) < 4.78 is 0. The van der Waals surface area contributed by atoms with Gasteiger partial charge in [-0.1, -0.05) is 31.2 Å². The highest BCUT2D eigenvalue weighted by Gasteiger charge is 2.31. The largest absolute Gasteiger partial charge is 0.299 e. The van der Waals surface area contributed by atoms with Crippen molar-refractivity contribution in [3.8, 4) is 0 Å². The molecule has 1 fully saturated rings. The van der Waals surface area contributed by atoms with Crippen LogP contribution in [0.5, 0.6) is 0 Å². The van der Waals surface area contributed by atoms with Crippen molar-refractivity contribution in [1.29, 1.82) is 0 Å². The summed E-state index contributed by atoms with van der Waals surface area (Å²) in [6, 6.07) is 0.666. The van der Waals surface area contributed by atoms with Crippen molar-refractivity contribution in [2.75, 3.05) is 13.6 Å². The van der Waals surface area contributed by atoms with E-state index in [2.05, 4.69) is 43.2 Å². The first-order chi connectivity index (χ1) is 5.79. The Labute approximate surface area is 74.8 Å². The van der Waals surface area contributed by atoms with Gasteiger partial charge in [0, 0.05) is 6.04 Å². The van der Waals surface area contributed by atoms with Gasteiger partial charge < -0.3 is 0 Å². The topological polar surface area (TPSA) is 3.24 Å². The molecule has 12 heavy (non-hydrogen) atoms. The Morgan fingerprint density at radius 2 is 2.00 bits per heavy atom. The average molecular weight is 163 g/mol. The Morgan fingerprint density at radius 3 is 2.75 bits per heavy atom. The lowest BCUT2D eigenvalue weighted by molar-refractivity contribution is 0.133. The van der Waals surface area contributed by atoms with Crippen LogP contribution in [-0.2, 0) is 0 Å². The third-order valence-corrected chi connectivity index (χ3v) is 3.25. The molecule has 0 unspecified atom stereocenters. The molecule has 0 N–H and O–H groups in total. The monoisotopic (exact) mass is 163 g/mol. The van der Waals surface area contributed by atoms with Crippen molar-refractivity contribution in [1.82, 2.24) is 4.90 Å². The molecule has 2 rings (SSSR count). The number of fused-ring (bicyclic) bond motifs is 1. The fourth-order valence-corrected chi connectivity index (χ4v) is 2.33. The van der Waals surface area contributed by atoms with Gasteiger partial charge in [0.25, 0.3) is 0 Å². The van der Waals surface area contributed by atoms with Gasteiger partial charge in [-0.2, -0.15) is 0 Å². The first-order valence-electron chi connectivity index (χ1n) is 4.84. The molecule has 0 spiro atoms. The van der Waals surface area contributed by atoms with Crippen molar-refractivity contribution >= 4 is 0 Å². The Bertz CT molecular complexity index is 193. The molecule has 1 aliphatic heterocycles. The lowest BCUT2D eigenvalue weighted by Gasteiger charge is -2.41. The number of hydrogen-bond acceptors (Lipinski definition) is 1. The van der Waals surface area contributed by atoms with Crippen LogP contribution in [0.4, 0.5) is 0 Å². The van der Waals surface area contributed by atoms with E-state index in [1.807, 2.05) is 0 Å². The van der Waals surface area contributed by atoms with E-state index in [-0.39, 0.29) is 0 Å². The van der Waals surface area contributed by atoms with Gasteiger partial charge in [0.15, 0.2) is 0 Å². The molecule has 3 atom stereocenters. The Balaban J connectivity index is 2.18. The van der Waals surface area contributed by atoms with Gasteiger partial charge in [0.05, 0.1) is 0 Å². The highest BCUT2D eigenvalue weighted by molar-refractivity contribution is 5.19. The van der Waals surface area contributed by atoms with E-state index >= 15 is 0 Å². The number of rotatable bonds is 0. The maximum Gasteiger partial charge on any atom is 0.0343 e. The zero-order chi connectivity index (χ0) is 8.55. The maximum absolute atomic E-state index is 2.46. The van der Waals surface area contributed by atoms with Gasteiger partial charge in [-0.05, 0) is 31.8 Å². The van der Waals surface area contributed by atoms with E-state index in [1.165, 1.54) is 13.0 Å². The summed E-state index contributed by atoms with van der Waals surface area (Å²) in [5.74, 6) is 1.61. The Hall–Kier alpha value is -0.560. The molecule has 0 aromatic carbocycles. The van der Waals surface area contributed by atoms with Crippen LogP contribution in [0.25, 0.3) is 0 Å². The van der Waals surface area contributed by atoms with Crippen LogP contribution in [0.3, 0.4) is 0 Å². The van der Waals surface area contributed by atoms with E-state index in [1.54, 1.807) is 0 Å². The minimum Gasteiger partial charge on any atom is -0.299 e. The van der Waals surface area contributed by atoms with Crippen molar-refractivity contribution in [2.24, 2.45) is 11.8 Å². The predicted octanol–water partition coefficient (Wildman–Crippen LogP) is 2.07. The second kappa shape index (κ2) is 3.06. The summed E-state index contributed by atoms with van der Waals surface area (Å²) in [7, 11) is 2.23. The molecule has 66 valence electrons. The fourth-order valence-electron chi connectivity index (χ4n) is 2.33. The van der Waals surface area contributed by atoms with Crippen molar-refractivity contribution < 1.29 is 0 Å². The smallest absolute Gasteiger partial charge is 0.0343 e. The van der Waals surface area contributed by atoms with Crippen molar-refractivity contribution in [3.05, 3.63) is 24.3 Å². The van der Waals surface area contributed by atoms with Gasteiger partial charge >= 0.3 is 0 Å². The molecule has 1 saturated heterocycles. The maximum atomic E-state index is 2.46. The van der Waals surface area contributed by atoms with Crippen LogP contribution in [0.15, 0.2) is 24.3 Å². The molecular weight excluding hydrogens is 146 g/mol. The normalized spacial score (nSPS) is 41.3. The molecule has 1 aliphatic carbocycles. The van der Waals surface area contributed by atoms with Crippen LogP contribution < -0.4 is 0 Å². The number of hydrogen-bond donors (Lipinski definition) is 0. The van der Waals surface area contributed by atoms with Crippen molar-refractivity contribution in [2.45, 2.75) is 19.4 Å². The van der Waals surface area contributed by atoms with Crippen LogP contribution in [-0.4, -0.2) is 24.5 Å². The molecule has 0 radical (unpaired) electrons. The van der Waals surface area contributed by atoms with E-state index in [0.717, 1.165) is 11.8 Å². The minimum atomic E-state index is 0.666. The lowest BCUT2D eigenvalue weighted by Crippen LogP contribution is -2.45. The minimum absolute atomic E-state index is 0.666. The van der Waals surface area contributed by atoms with Gasteiger partial charge in [-0.25, -0.2) is 0 Å². The highest BCUT2D eigenvalue weighted by atomic mass is 15.1. The van der Waals surface area contributed by atoms with E-state index in [0.29, 0.717) is 6.04 Å². The Kier molecular flexibility index (Phi) is 2.05. The number of allylic oxidation sites excluding steroid dienone is 2. The number of likely N-dealkylation sites (tertiary alicyclic amines) is 1. The second-order valence-electron chi connectivity index (χ2n) is 4.08. The average Bonchev–Trinajstić information content (AvgIpc) is 2.12. The predicted molar refractivity (Wildman–Crippen MR) is 52.0 cm³/mol. The molecule has 1 nitrogen and oxygen atoms in total. The highest BCUT2D eigenvalue weighted by Crippen LogP contribution is 2.31. The van der Waals surface area contributed by atoms with Crippen LogP contribution in [0.2, 0.25) is 0 Å². The van der Waals surface area contributed by atoms with E-state index < -0.39 is 0 Å². The first-order valence-corrected chi connectivity index (χ1v) is 4.84. The quantitative estimate of drug-likeness (QED) is 0.528. The number of likely N-dealkylation sites (N-methyl/N-ethyl adjacent to an activating group) is 1. The van der Waals surface area contributed by atoms with Gasteiger partial charge in [0.1, 0.15) is 0 Å². The van der Waals surface area contributed by atoms with Gasteiger partial charge in [-0.15, -0.1) is 0 Å². The van der Waals surface area contributed by atoms with Gasteiger partial charge in [0.2, 0.25) is 0 Å². The summed E-state index contributed by atoms with van der Waals surface area (Å²) in [5.41, 5.74) is 0. The molecular formula is C11H17N. The van der Waals surface area contributed by atoms with Crippen LogP contribution in [0, 0.1) is 11.8 Å². The molecule has 0 aromatic rings. The molecule has 2 aliphatic rings. The summed E-state index contributed by atoms with van der Waals surface area (Å²) >= 11 is 0. The number of piperidine rings is 1. The van der Waals surface area contributed by atoms with Crippen LogP contribution in [0.1, 0.15) is 13.3 Å². The SMILES string of the molecule is C[C@@H]1CCN(C)[C@@H]2C=CC=C[C@@H]12. The molecule has 0 bridgehead atoms. The van der Waals surface area contributed by atoms with E-state index in [4.69, 9.17) is 0 Å². The molecule has 1 heterocycles. The third kappa shape index (κ3) is 1.22. The standard InChI is InChI=1S/C11H17N/c1-9-7-8-12(2)11-6-4-3-5-10(9)11/h3-6,9-11H,7-8H2,1-2H3/t9-,10+,11-/m1/s1. The molecule has 1 heteroatoms. The summed E-state index contributed by atoms with van der Waals surface area (Å²) in [6.45, 7) is 3.62. The molecule has 0 amide bonds. The first kappa shape index (κ1) is 8.06. The summed E-state index contributed by atoms with van der Waals surface area (Å²) in [5, 5.41) is 0. The summed E-state index contributed by atoms with van der Waals surface area (Å²) in [4.78, 5) is 2.46. The third-order valence-electron chi connectivity index (χ3n) is 3.25. The van der Waals surface area contributed by atoms with Gasteiger partial charge in [-0.3, -0.25) is 4.90 Å². The lowest BCUT2D eigenvalue weighted by atomic mass is 9.79. The summed E-state index contributed by atoms with van der Waals surface area (Å²) in [6.07, 6.45) is 10.4. The zero-order valence-electron chi connectivity index (χ0n) is 7.90.